The van der Waals surface area contributed by atoms with Gasteiger partial charge in [-0.2, -0.15) is 0 Å². The molecule has 1 aromatic rings. The minimum Gasteiger partial charge on any atom is -0.491 e. The Hall–Kier alpha value is -0.620. The standard InChI is InChI=1S/C15H23BrN2O2/c1-18(13-4-5-13)9-8-17-10-14(19)11-20-15-6-2-12(16)3-7-15/h2-3,6-7,13-14,17,19H,4-5,8-11H2,1H3. The van der Waals surface area contributed by atoms with Crippen LogP contribution in [-0.4, -0.2) is 55.4 Å². The first-order chi connectivity index (χ1) is 9.65. The van der Waals surface area contributed by atoms with E-state index in [1.54, 1.807) is 0 Å². The average Bonchev–Trinajstić information content (AvgIpc) is 3.27. The number of ether oxygens (including phenoxy) is 1. The SMILES string of the molecule is CN(CCNCC(O)COc1ccc(Br)cc1)C1CC1. The highest BCUT2D eigenvalue weighted by molar-refractivity contribution is 9.10. The van der Waals surface area contributed by atoms with E-state index in [1.165, 1.54) is 12.8 Å². The summed E-state index contributed by atoms with van der Waals surface area (Å²) in [5.74, 6) is 0.778. The van der Waals surface area contributed by atoms with Crippen molar-refractivity contribution >= 4 is 15.9 Å². The summed E-state index contributed by atoms with van der Waals surface area (Å²) in [5, 5.41) is 13.1. The summed E-state index contributed by atoms with van der Waals surface area (Å²) in [6.45, 7) is 2.81. The molecule has 0 saturated heterocycles. The average molecular weight is 343 g/mol. The number of aliphatic hydroxyl groups excluding tert-OH is 1. The summed E-state index contributed by atoms with van der Waals surface area (Å²) in [5.41, 5.74) is 0. The van der Waals surface area contributed by atoms with Gasteiger partial charge in [-0.25, -0.2) is 0 Å². The Morgan fingerprint density at radius 2 is 2.10 bits per heavy atom. The number of halogens is 1. The Balaban J connectivity index is 1.53. The topological polar surface area (TPSA) is 44.7 Å². The molecule has 0 radical (unpaired) electrons. The van der Waals surface area contributed by atoms with E-state index in [-0.39, 0.29) is 0 Å². The molecule has 0 heterocycles. The molecule has 20 heavy (non-hydrogen) atoms. The first kappa shape index (κ1) is 15.8. The first-order valence-electron chi connectivity index (χ1n) is 7.12. The van der Waals surface area contributed by atoms with Crippen molar-refractivity contribution in [2.24, 2.45) is 0 Å². The van der Waals surface area contributed by atoms with Gasteiger partial charge in [-0.15, -0.1) is 0 Å². The minimum atomic E-state index is -0.482. The van der Waals surface area contributed by atoms with Gasteiger partial charge < -0.3 is 20.1 Å². The molecule has 1 unspecified atom stereocenters. The maximum Gasteiger partial charge on any atom is 0.119 e. The summed E-state index contributed by atoms with van der Waals surface area (Å²) >= 11 is 3.37. The van der Waals surface area contributed by atoms with Gasteiger partial charge in [0.25, 0.3) is 0 Å². The van der Waals surface area contributed by atoms with Crippen molar-refractivity contribution in [3.05, 3.63) is 28.7 Å². The molecule has 1 aliphatic carbocycles. The van der Waals surface area contributed by atoms with Crippen LogP contribution in [0.5, 0.6) is 5.75 Å². The molecule has 1 aromatic carbocycles. The van der Waals surface area contributed by atoms with E-state index in [0.29, 0.717) is 13.2 Å². The third-order valence-electron chi connectivity index (χ3n) is 3.45. The first-order valence-corrected chi connectivity index (χ1v) is 7.92. The van der Waals surface area contributed by atoms with Crippen LogP contribution >= 0.6 is 15.9 Å². The minimum absolute atomic E-state index is 0.313. The van der Waals surface area contributed by atoms with Crippen molar-refractivity contribution in [2.75, 3.05) is 33.3 Å². The van der Waals surface area contributed by atoms with Crippen LogP contribution in [0.25, 0.3) is 0 Å². The van der Waals surface area contributed by atoms with Crippen molar-refractivity contribution in [1.82, 2.24) is 10.2 Å². The fourth-order valence-corrected chi connectivity index (χ4v) is 2.27. The summed E-state index contributed by atoms with van der Waals surface area (Å²) in [6.07, 6.45) is 2.19. The van der Waals surface area contributed by atoms with Crippen molar-refractivity contribution in [3.63, 3.8) is 0 Å². The number of benzene rings is 1. The van der Waals surface area contributed by atoms with Crippen molar-refractivity contribution in [3.8, 4) is 5.75 Å². The fraction of sp³-hybridized carbons (Fsp3) is 0.600. The Kier molecular flexibility index (Phi) is 6.29. The van der Waals surface area contributed by atoms with Crippen molar-refractivity contribution in [1.29, 1.82) is 0 Å². The zero-order valence-corrected chi connectivity index (χ0v) is 13.5. The van der Waals surface area contributed by atoms with Crippen molar-refractivity contribution < 1.29 is 9.84 Å². The zero-order valence-electron chi connectivity index (χ0n) is 11.9. The van der Waals surface area contributed by atoms with Crippen LogP contribution in [-0.2, 0) is 0 Å². The van der Waals surface area contributed by atoms with E-state index in [4.69, 9.17) is 4.74 Å². The predicted molar refractivity (Wildman–Crippen MR) is 84.2 cm³/mol. The van der Waals surface area contributed by atoms with Gasteiger partial charge in [0, 0.05) is 30.1 Å². The third-order valence-corrected chi connectivity index (χ3v) is 3.98. The molecule has 0 aromatic heterocycles. The lowest BCUT2D eigenvalue weighted by molar-refractivity contribution is 0.106. The van der Waals surface area contributed by atoms with Crippen LogP contribution in [0.15, 0.2) is 28.7 Å². The van der Waals surface area contributed by atoms with Crippen LogP contribution in [0.3, 0.4) is 0 Å². The molecule has 5 heteroatoms. The molecule has 1 fully saturated rings. The lowest BCUT2D eigenvalue weighted by Crippen LogP contribution is -2.36. The van der Waals surface area contributed by atoms with E-state index < -0.39 is 6.10 Å². The molecule has 0 aliphatic heterocycles. The predicted octanol–water partition coefficient (Wildman–Crippen LogP) is 1.87. The van der Waals surface area contributed by atoms with E-state index >= 15 is 0 Å². The number of likely N-dealkylation sites (N-methyl/N-ethyl adjacent to an activating group) is 1. The Morgan fingerprint density at radius 1 is 1.40 bits per heavy atom. The second-order valence-electron chi connectivity index (χ2n) is 5.33. The number of hydrogen-bond donors (Lipinski definition) is 2. The summed E-state index contributed by atoms with van der Waals surface area (Å²) in [7, 11) is 2.16. The van der Waals surface area contributed by atoms with Gasteiger partial charge in [0.2, 0.25) is 0 Å². The molecule has 2 N–H and O–H groups in total. The van der Waals surface area contributed by atoms with Gasteiger partial charge in [0.05, 0.1) is 0 Å². The fourth-order valence-electron chi connectivity index (χ4n) is 2.00. The largest absolute Gasteiger partial charge is 0.491 e. The molecule has 0 amide bonds. The molecule has 1 aliphatic rings. The van der Waals surface area contributed by atoms with Gasteiger partial charge in [-0.05, 0) is 44.2 Å². The lowest BCUT2D eigenvalue weighted by atomic mass is 10.3. The summed E-state index contributed by atoms with van der Waals surface area (Å²) in [4.78, 5) is 2.37. The molecule has 1 atom stereocenters. The van der Waals surface area contributed by atoms with Gasteiger partial charge in [-0.3, -0.25) is 0 Å². The molecule has 0 bridgehead atoms. The molecule has 112 valence electrons. The summed E-state index contributed by atoms with van der Waals surface area (Å²) in [6, 6.07) is 8.41. The number of nitrogens with one attached hydrogen (secondary N) is 1. The van der Waals surface area contributed by atoms with Gasteiger partial charge in [0.1, 0.15) is 18.5 Å². The third kappa shape index (κ3) is 5.79. The molecule has 4 nitrogen and oxygen atoms in total. The second kappa shape index (κ2) is 7.98. The van der Waals surface area contributed by atoms with Gasteiger partial charge >= 0.3 is 0 Å². The monoisotopic (exact) mass is 342 g/mol. The number of aliphatic hydroxyl groups is 1. The van der Waals surface area contributed by atoms with Crippen LogP contribution in [0, 0.1) is 0 Å². The molecular formula is C15H23BrN2O2. The van der Waals surface area contributed by atoms with Crippen LogP contribution in [0.4, 0.5) is 0 Å². The van der Waals surface area contributed by atoms with Crippen LogP contribution < -0.4 is 10.1 Å². The van der Waals surface area contributed by atoms with Crippen molar-refractivity contribution in [2.45, 2.75) is 25.0 Å². The van der Waals surface area contributed by atoms with E-state index in [1.807, 2.05) is 24.3 Å². The molecular weight excluding hydrogens is 320 g/mol. The number of nitrogens with zero attached hydrogens (tertiary/aromatic N) is 1. The maximum atomic E-state index is 9.84. The molecule has 2 rings (SSSR count). The van der Waals surface area contributed by atoms with E-state index in [0.717, 1.165) is 29.4 Å². The number of hydrogen-bond acceptors (Lipinski definition) is 4. The Bertz CT molecular complexity index is 395. The summed E-state index contributed by atoms with van der Waals surface area (Å²) < 4.78 is 6.55. The highest BCUT2D eigenvalue weighted by Crippen LogP contribution is 2.24. The quantitative estimate of drug-likeness (QED) is 0.672. The lowest BCUT2D eigenvalue weighted by Gasteiger charge is -2.17. The van der Waals surface area contributed by atoms with Crippen LogP contribution in [0.2, 0.25) is 0 Å². The highest BCUT2D eigenvalue weighted by Gasteiger charge is 2.25. The van der Waals surface area contributed by atoms with E-state index in [2.05, 4.69) is 33.2 Å². The molecule has 1 saturated carbocycles. The highest BCUT2D eigenvalue weighted by atomic mass is 79.9. The smallest absolute Gasteiger partial charge is 0.119 e. The van der Waals surface area contributed by atoms with E-state index in [9.17, 15) is 5.11 Å². The second-order valence-corrected chi connectivity index (χ2v) is 6.25. The van der Waals surface area contributed by atoms with Gasteiger partial charge in [-0.1, -0.05) is 15.9 Å². The maximum absolute atomic E-state index is 9.84. The number of rotatable bonds is 9. The Morgan fingerprint density at radius 3 is 2.75 bits per heavy atom. The van der Waals surface area contributed by atoms with Crippen LogP contribution in [0.1, 0.15) is 12.8 Å². The van der Waals surface area contributed by atoms with Gasteiger partial charge in [0.15, 0.2) is 0 Å². The Labute approximate surface area is 129 Å². The molecule has 0 spiro atoms. The zero-order chi connectivity index (χ0) is 14.4. The normalized spacial score (nSPS) is 16.4.